The third-order valence-electron chi connectivity index (χ3n) is 4.61. The lowest BCUT2D eigenvalue weighted by Gasteiger charge is -2.32. The van der Waals surface area contributed by atoms with Gasteiger partial charge in [-0.15, -0.1) is 0 Å². The molecule has 1 saturated heterocycles. The van der Waals surface area contributed by atoms with E-state index in [1.54, 1.807) is 16.7 Å². The number of hydrogen-bond donors (Lipinski definition) is 1. The lowest BCUT2D eigenvalue weighted by atomic mass is 10.1. The van der Waals surface area contributed by atoms with Crippen molar-refractivity contribution in [2.24, 2.45) is 0 Å². The van der Waals surface area contributed by atoms with E-state index in [-0.39, 0.29) is 11.6 Å². The molecule has 0 saturated carbocycles. The number of hydrogen-bond acceptors (Lipinski definition) is 7. The van der Waals surface area contributed by atoms with Crippen LogP contribution in [0.1, 0.15) is 31.5 Å². The molecule has 8 nitrogen and oxygen atoms in total. The Hall–Kier alpha value is -2.74. The van der Waals surface area contributed by atoms with Crippen molar-refractivity contribution in [3.63, 3.8) is 0 Å². The van der Waals surface area contributed by atoms with E-state index in [0.717, 1.165) is 38.2 Å². The summed E-state index contributed by atoms with van der Waals surface area (Å²) in [6, 6.07) is 7.33. The van der Waals surface area contributed by atoms with Crippen LogP contribution < -0.4 is 10.9 Å². The molecule has 1 atom stereocenters. The molecule has 1 fully saturated rings. The molecule has 3 aromatic rings. The zero-order valence-electron chi connectivity index (χ0n) is 14.8. The molecule has 1 aliphatic rings. The average molecular weight is 354 g/mol. The Balaban J connectivity index is 1.44. The molecule has 0 bridgehead atoms. The first-order valence-electron chi connectivity index (χ1n) is 9.00. The van der Waals surface area contributed by atoms with Gasteiger partial charge in [-0.25, -0.2) is 4.98 Å². The fourth-order valence-corrected chi connectivity index (χ4v) is 3.35. The third-order valence-corrected chi connectivity index (χ3v) is 4.61. The number of rotatable bonds is 5. The van der Waals surface area contributed by atoms with Crippen LogP contribution in [-0.2, 0) is 13.0 Å². The third kappa shape index (κ3) is 3.60. The second kappa shape index (κ2) is 7.25. The van der Waals surface area contributed by atoms with Crippen LogP contribution >= 0.6 is 0 Å². The van der Waals surface area contributed by atoms with Gasteiger partial charge in [0.1, 0.15) is 11.5 Å². The highest BCUT2D eigenvalue weighted by Gasteiger charge is 2.22. The second-order valence-corrected chi connectivity index (χ2v) is 6.58. The van der Waals surface area contributed by atoms with Crippen LogP contribution in [0.5, 0.6) is 0 Å². The summed E-state index contributed by atoms with van der Waals surface area (Å²) >= 11 is 0. The van der Waals surface area contributed by atoms with Crippen molar-refractivity contribution in [3.05, 3.63) is 52.5 Å². The maximum atomic E-state index is 12.2. The molecule has 4 rings (SSSR count). The molecule has 1 unspecified atom stereocenters. The smallest absolute Gasteiger partial charge is 0.259 e. The van der Waals surface area contributed by atoms with Crippen molar-refractivity contribution in [3.8, 4) is 0 Å². The van der Waals surface area contributed by atoms with Crippen molar-refractivity contribution < 1.29 is 4.52 Å². The molecule has 0 amide bonds. The Morgan fingerprint density at radius 3 is 3.12 bits per heavy atom. The van der Waals surface area contributed by atoms with Gasteiger partial charge in [0.05, 0.1) is 6.54 Å². The second-order valence-electron chi connectivity index (χ2n) is 6.58. The molecule has 26 heavy (non-hydrogen) atoms. The first kappa shape index (κ1) is 16.7. The number of anilines is 1. The van der Waals surface area contributed by atoms with E-state index in [1.165, 1.54) is 0 Å². The van der Waals surface area contributed by atoms with E-state index >= 15 is 0 Å². The monoisotopic (exact) mass is 354 g/mol. The SMILES string of the molecule is CCc1nc(CN2CCCC(Nc3cc(=O)n4ccccc4n3)C2)no1. The lowest BCUT2D eigenvalue weighted by molar-refractivity contribution is 0.201. The molecule has 0 spiro atoms. The van der Waals surface area contributed by atoms with Gasteiger partial charge >= 0.3 is 0 Å². The molecule has 0 aromatic carbocycles. The average Bonchev–Trinajstić information content (AvgIpc) is 3.10. The molecular weight excluding hydrogens is 332 g/mol. The van der Waals surface area contributed by atoms with Crippen molar-refractivity contribution in [2.75, 3.05) is 18.4 Å². The van der Waals surface area contributed by atoms with Gasteiger partial charge in [0.25, 0.3) is 5.56 Å². The maximum Gasteiger partial charge on any atom is 0.259 e. The molecule has 3 aromatic heterocycles. The van der Waals surface area contributed by atoms with Crippen LogP contribution in [0, 0.1) is 0 Å². The minimum atomic E-state index is -0.0790. The molecule has 4 heterocycles. The molecule has 0 radical (unpaired) electrons. The van der Waals surface area contributed by atoms with Crippen LogP contribution in [0.3, 0.4) is 0 Å². The van der Waals surface area contributed by atoms with E-state index < -0.39 is 0 Å². The Morgan fingerprint density at radius 1 is 1.35 bits per heavy atom. The van der Waals surface area contributed by atoms with Gasteiger partial charge in [0.15, 0.2) is 5.82 Å². The van der Waals surface area contributed by atoms with Gasteiger partial charge in [-0.05, 0) is 31.5 Å². The summed E-state index contributed by atoms with van der Waals surface area (Å²) < 4.78 is 6.72. The predicted octanol–water partition coefficient (Wildman–Crippen LogP) is 1.72. The van der Waals surface area contributed by atoms with Crippen LogP contribution in [0.25, 0.3) is 5.65 Å². The van der Waals surface area contributed by atoms with Crippen LogP contribution in [-0.4, -0.2) is 43.6 Å². The highest BCUT2D eigenvalue weighted by molar-refractivity contribution is 5.46. The van der Waals surface area contributed by atoms with Crippen molar-refractivity contribution in [1.82, 2.24) is 24.4 Å². The summed E-state index contributed by atoms with van der Waals surface area (Å²) in [6.07, 6.45) is 4.59. The number of nitrogens with one attached hydrogen (secondary N) is 1. The fourth-order valence-electron chi connectivity index (χ4n) is 3.35. The molecule has 0 aliphatic carbocycles. The topological polar surface area (TPSA) is 88.6 Å². The van der Waals surface area contributed by atoms with Crippen molar-refractivity contribution >= 4 is 11.5 Å². The molecule has 136 valence electrons. The molecular formula is C18H22N6O2. The Labute approximate surface area is 150 Å². The van der Waals surface area contributed by atoms with E-state index in [0.29, 0.717) is 23.9 Å². The Bertz CT molecular complexity index is 950. The normalized spacial score (nSPS) is 18.3. The van der Waals surface area contributed by atoms with Crippen LogP contribution in [0.2, 0.25) is 0 Å². The summed E-state index contributed by atoms with van der Waals surface area (Å²) in [5.74, 6) is 2.03. The Kier molecular flexibility index (Phi) is 4.66. The number of aryl methyl sites for hydroxylation is 1. The largest absolute Gasteiger partial charge is 0.366 e. The summed E-state index contributed by atoms with van der Waals surface area (Å²) in [7, 11) is 0. The summed E-state index contributed by atoms with van der Waals surface area (Å²) in [6.45, 7) is 4.53. The molecule has 1 N–H and O–H groups in total. The summed E-state index contributed by atoms with van der Waals surface area (Å²) in [4.78, 5) is 23.5. The van der Waals surface area contributed by atoms with Crippen molar-refractivity contribution in [1.29, 1.82) is 0 Å². The highest BCUT2D eigenvalue weighted by Crippen LogP contribution is 2.16. The van der Waals surface area contributed by atoms with Gasteiger partial charge in [-0.2, -0.15) is 4.98 Å². The number of likely N-dealkylation sites (tertiary alicyclic amines) is 1. The van der Waals surface area contributed by atoms with Gasteiger partial charge in [-0.3, -0.25) is 14.1 Å². The van der Waals surface area contributed by atoms with Crippen molar-refractivity contribution in [2.45, 2.75) is 38.8 Å². The van der Waals surface area contributed by atoms with Gasteiger partial charge in [-0.1, -0.05) is 18.1 Å². The van der Waals surface area contributed by atoms with E-state index in [2.05, 4.69) is 25.3 Å². The number of pyridine rings is 1. The highest BCUT2D eigenvalue weighted by atomic mass is 16.5. The zero-order valence-corrected chi connectivity index (χ0v) is 14.8. The quantitative estimate of drug-likeness (QED) is 0.746. The fraction of sp³-hybridized carbons (Fsp3) is 0.444. The number of piperidine rings is 1. The molecule has 1 aliphatic heterocycles. The zero-order chi connectivity index (χ0) is 17.9. The minimum Gasteiger partial charge on any atom is -0.366 e. The minimum absolute atomic E-state index is 0.0790. The van der Waals surface area contributed by atoms with E-state index in [4.69, 9.17) is 4.52 Å². The maximum absolute atomic E-state index is 12.2. The lowest BCUT2D eigenvalue weighted by Crippen LogP contribution is -2.42. The first-order valence-corrected chi connectivity index (χ1v) is 9.00. The summed E-state index contributed by atoms with van der Waals surface area (Å²) in [5.41, 5.74) is 0.568. The van der Waals surface area contributed by atoms with Gasteiger partial charge in [0, 0.05) is 31.3 Å². The number of nitrogens with zero attached hydrogens (tertiary/aromatic N) is 5. The number of aromatic nitrogens is 4. The molecule has 8 heteroatoms. The van der Waals surface area contributed by atoms with Gasteiger partial charge < -0.3 is 9.84 Å². The standard InChI is InChI=1S/C18H22N6O2/c1-2-17-21-15(22-26-17)12-23-8-5-6-13(11-23)19-14-10-18(25)24-9-4-3-7-16(24)20-14/h3-4,7,9-10,13,19H,2,5-6,8,11-12H2,1H3. The Morgan fingerprint density at radius 2 is 2.27 bits per heavy atom. The van der Waals surface area contributed by atoms with Crippen LogP contribution in [0.15, 0.2) is 39.8 Å². The predicted molar refractivity (Wildman–Crippen MR) is 97.1 cm³/mol. The van der Waals surface area contributed by atoms with Crippen LogP contribution in [0.4, 0.5) is 5.82 Å². The van der Waals surface area contributed by atoms with E-state index in [9.17, 15) is 4.79 Å². The first-order chi connectivity index (χ1) is 12.7. The van der Waals surface area contributed by atoms with E-state index in [1.807, 2.05) is 25.1 Å². The summed E-state index contributed by atoms with van der Waals surface area (Å²) in [5, 5.41) is 7.45. The van der Waals surface area contributed by atoms with Gasteiger partial charge in [0.2, 0.25) is 5.89 Å². The number of fused-ring (bicyclic) bond motifs is 1.